The molecule has 10 heteroatoms. The number of aromatic nitrogens is 4. The second-order valence-electron chi connectivity index (χ2n) is 5.13. The van der Waals surface area contributed by atoms with Gasteiger partial charge in [-0.1, -0.05) is 0 Å². The van der Waals surface area contributed by atoms with Crippen LogP contribution >= 0.6 is 22.6 Å². The molecule has 0 spiro atoms. The van der Waals surface area contributed by atoms with E-state index in [0.29, 0.717) is 40.1 Å². The van der Waals surface area contributed by atoms with E-state index in [9.17, 15) is 9.90 Å². The highest BCUT2D eigenvalue weighted by atomic mass is 127. The number of nitrogens with zero attached hydrogens (tertiary/aromatic N) is 5. The molecule has 1 amide bonds. The molecule has 1 saturated heterocycles. The van der Waals surface area contributed by atoms with Crippen LogP contribution in [0.2, 0.25) is 0 Å². The van der Waals surface area contributed by atoms with Crippen LogP contribution in [0.4, 0.5) is 10.6 Å². The fraction of sp³-hybridized carbons (Fsp3) is 0.500. The summed E-state index contributed by atoms with van der Waals surface area (Å²) in [5, 5.41) is 14.5. The maximum atomic E-state index is 11.4. The predicted octanol–water partition coefficient (Wildman–Crippen LogP) is 0.953. The molecule has 1 fully saturated rings. The van der Waals surface area contributed by atoms with Gasteiger partial charge in [0, 0.05) is 13.7 Å². The van der Waals surface area contributed by atoms with Crippen LogP contribution in [-0.2, 0) is 4.74 Å². The molecular formula is C12H15IN6O3. The van der Waals surface area contributed by atoms with E-state index in [-0.39, 0.29) is 12.1 Å². The molecule has 22 heavy (non-hydrogen) atoms. The molecule has 3 heterocycles. The van der Waals surface area contributed by atoms with Crippen LogP contribution in [0.15, 0.2) is 6.33 Å². The number of rotatable bonds is 3. The summed E-state index contributed by atoms with van der Waals surface area (Å²) in [5.74, 6) is 0.377. The minimum atomic E-state index is -0.954. The number of nitrogen functional groups attached to an aromatic ring is 1. The quantitative estimate of drug-likeness (QED) is 0.713. The number of hydrogen-bond donors (Lipinski definition) is 2. The van der Waals surface area contributed by atoms with Crippen LogP contribution in [0.5, 0.6) is 0 Å². The standard InChI is InChI=1S/C12H15IN6O3/c1-22-4-7-2-6(3-18(7)12(20)21)19-11-8(9(13)17-19)10(14)15-5-16-11/h5-7H,2-4H2,1H3,(H,20,21)(H2,14,15,16)/t6-,7+/m0/s1. The number of carbonyl (C=O) groups is 1. The SMILES string of the molecule is COC[C@H]1C[C@H](n2nc(I)c3c(N)ncnc32)CN1C(=O)O. The number of fused-ring (bicyclic) bond motifs is 1. The molecule has 0 aromatic carbocycles. The molecular weight excluding hydrogens is 403 g/mol. The zero-order valence-electron chi connectivity index (χ0n) is 11.8. The molecule has 2 aromatic heterocycles. The number of anilines is 1. The zero-order chi connectivity index (χ0) is 15.9. The maximum absolute atomic E-state index is 11.4. The number of likely N-dealkylation sites (tertiary alicyclic amines) is 1. The topological polar surface area (TPSA) is 119 Å². The molecule has 0 bridgehead atoms. The van der Waals surface area contributed by atoms with Gasteiger partial charge in [0.15, 0.2) is 5.65 Å². The van der Waals surface area contributed by atoms with Crippen LogP contribution in [0.1, 0.15) is 12.5 Å². The average molecular weight is 418 g/mol. The Balaban J connectivity index is 1.99. The lowest BCUT2D eigenvalue weighted by Gasteiger charge is -2.19. The number of amides is 1. The summed E-state index contributed by atoms with van der Waals surface area (Å²) in [6.07, 6.45) is 1.06. The minimum absolute atomic E-state index is 0.100. The third-order valence-electron chi connectivity index (χ3n) is 3.82. The molecule has 0 saturated carbocycles. The van der Waals surface area contributed by atoms with Gasteiger partial charge in [0.25, 0.3) is 0 Å². The molecule has 1 aliphatic heterocycles. The highest BCUT2D eigenvalue weighted by molar-refractivity contribution is 14.1. The van der Waals surface area contributed by atoms with Crippen molar-refractivity contribution in [2.75, 3.05) is 26.0 Å². The van der Waals surface area contributed by atoms with Gasteiger partial charge >= 0.3 is 6.09 Å². The molecule has 0 aliphatic carbocycles. The highest BCUT2D eigenvalue weighted by Crippen LogP contribution is 2.32. The molecule has 118 valence electrons. The normalized spacial score (nSPS) is 21.6. The van der Waals surface area contributed by atoms with Gasteiger partial charge in [-0.25, -0.2) is 19.4 Å². The fourth-order valence-electron chi connectivity index (χ4n) is 2.86. The van der Waals surface area contributed by atoms with E-state index in [4.69, 9.17) is 10.5 Å². The summed E-state index contributed by atoms with van der Waals surface area (Å²) in [6, 6.07) is -0.292. The van der Waals surface area contributed by atoms with E-state index in [0.717, 1.165) is 0 Å². The van der Waals surface area contributed by atoms with Gasteiger partial charge in [-0.2, -0.15) is 5.10 Å². The number of nitrogens with two attached hydrogens (primary N) is 1. The van der Waals surface area contributed by atoms with Crippen molar-refractivity contribution in [3.8, 4) is 0 Å². The molecule has 3 N–H and O–H groups in total. The van der Waals surface area contributed by atoms with Crippen molar-refractivity contribution in [1.29, 1.82) is 0 Å². The zero-order valence-corrected chi connectivity index (χ0v) is 14.0. The lowest BCUT2D eigenvalue weighted by atomic mass is 10.2. The van der Waals surface area contributed by atoms with Gasteiger partial charge in [0.05, 0.1) is 24.1 Å². The minimum Gasteiger partial charge on any atom is -0.465 e. The van der Waals surface area contributed by atoms with E-state index >= 15 is 0 Å². The first-order valence-corrected chi connectivity index (χ1v) is 7.73. The Morgan fingerprint density at radius 1 is 1.59 bits per heavy atom. The summed E-state index contributed by atoms with van der Waals surface area (Å²) in [4.78, 5) is 21.0. The van der Waals surface area contributed by atoms with E-state index in [1.54, 1.807) is 11.8 Å². The Bertz CT molecular complexity index is 720. The second-order valence-corrected chi connectivity index (χ2v) is 6.15. The van der Waals surface area contributed by atoms with Crippen molar-refractivity contribution >= 4 is 45.5 Å². The molecule has 1 aliphatic rings. The fourth-order valence-corrected chi connectivity index (χ4v) is 3.61. The predicted molar refractivity (Wildman–Crippen MR) is 86.5 cm³/mol. The molecule has 0 unspecified atom stereocenters. The van der Waals surface area contributed by atoms with Gasteiger partial charge < -0.3 is 20.5 Å². The van der Waals surface area contributed by atoms with Crippen LogP contribution < -0.4 is 5.73 Å². The molecule has 2 atom stereocenters. The first-order chi connectivity index (χ1) is 10.5. The molecule has 3 rings (SSSR count). The van der Waals surface area contributed by atoms with Gasteiger partial charge in [-0.15, -0.1) is 0 Å². The van der Waals surface area contributed by atoms with E-state index in [1.165, 1.54) is 11.2 Å². The molecule has 2 aromatic rings. The Labute approximate surface area is 139 Å². The number of hydrogen-bond acceptors (Lipinski definition) is 6. The maximum Gasteiger partial charge on any atom is 0.407 e. The largest absolute Gasteiger partial charge is 0.465 e. The summed E-state index contributed by atoms with van der Waals surface area (Å²) in [7, 11) is 1.56. The van der Waals surface area contributed by atoms with Crippen LogP contribution in [0.25, 0.3) is 11.0 Å². The number of methoxy groups -OCH3 is 1. The first-order valence-electron chi connectivity index (χ1n) is 6.65. The van der Waals surface area contributed by atoms with Gasteiger partial charge in [0.2, 0.25) is 0 Å². The van der Waals surface area contributed by atoms with E-state index in [2.05, 4.69) is 37.7 Å². The van der Waals surface area contributed by atoms with Crippen molar-refractivity contribution in [3.05, 3.63) is 10.0 Å². The summed E-state index contributed by atoms with van der Waals surface area (Å²) in [5.41, 5.74) is 6.52. The summed E-state index contributed by atoms with van der Waals surface area (Å²) < 4.78 is 7.58. The van der Waals surface area contributed by atoms with Crippen molar-refractivity contribution in [2.45, 2.75) is 18.5 Å². The monoisotopic (exact) mass is 418 g/mol. The van der Waals surface area contributed by atoms with Crippen molar-refractivity contribution in [1.82, 2.24) is 24.6 Å². The van der Waals surface area contributed by atoms with Crippen LogP contribution in [-0.4, -0.2) is 62.2 Å². The van der Waals surface area contributed by atoms with E-state index in [1.807, 2.05) is 0 Å². The smallest absolute Gasteiger partial charge is 0.407 e. The number of ether oxygens (including phenoxy) is 1. The van der Waals surface area contributed by atoms with E-state index < -0.39 is 6.09 Å². The number of halogens is 1. The van der Waals surface area contributed by atoms with Crippen LogP contribution in [0, 0.1) is 3.70 Å². The van der Waals surface area contributed by atoms with Crippen LogP contribution in [0.3, 0.4) is 0 Å². The lowest BCUT2D eigenvalue weighted by molar-refractivity contribution is 0.0990. The molecule has 0 radical (unpaired) electrons. The van der Waals surface area contributed by atoms with Gasteiger partial charge in [-0.05, 0) is 29.0 Å². The summed E-state index contributed by atoms with van der Waals surface area (Å²) in [6.45, 7) is 0.705. The van der Waals surface area contributed by atoms with Gasteiger partial charge in [-0.3, -0.25) is 0 Å². The Morgan fingerprint density at radius 2 is 2.36 bits per heavy atom. The second kappa shape index (κ2) is 5.83. The van der Waals surface area contributed by atoms with Crippen molar-refractivity contribution < 1.29 is 14.6 Å². The lowest BCUT2D eigenvalue weighted by Crippen LogP contribution is -2.37. The Kier molecular flexibility index (Phi) is 4.04. The van der Waals surface area contributed by atoms with Gasteiger partial charge in [0.1, 0.15) is 15.8 Å². The average Bonchev–Trinajstić information content (AvgIpc) is 3.02. The highest BCUT2D eigenvalue weighted by Gasteiger charge is 2.37. The summed E-state index contributed by atoms with van der Waals surface area (Å²) >= 11 is 2.09. The third-order valence-corrected chi connectivity index (χ3v) is 4.57. The Hall–Kier alpha value is -1.69. The third kappa shape index (κ3) is 2.45. The first kappa shape index (κ1) is 15.2. The van der Waals surface area contributed by atoms with Crippen molar-refractivity contribution in [3.63, 3.8) is 0 Å². The van der Waals surface area contributed by atoms with Crippen molar-refractivity contribution in [2.24, 2.45) is 0 Å². The molecule has 9 nitrogen and oxygen atoms in total. The number of carboxylic acid groups (broad SMARTS) is 1. The Morgan fingerprint density at radius 3 is 3.05 bits per heavy atom.